The van der Waals surface area contributed by atoms with Gasteiger partial charge in [-0.25, -0.2) is 0 Å². The molecule has 2 N–H and O–H groups in total. The van der Waals surface area contributed by atoms with Crippen LogP contribution >= 0.6 is 0 Å². The highest BCUT2D eigenvalue weighted by Crippen LogP contribution is 2.23. The molecule has 0 radical (unpaired) electrons. The van der Waals surface area contributed by atoms with Crippen molar-refractivity contribution < 1.29 is 4.74 Å². The molecule has 1 fully saturated rings. The van der Waals surface area contributed by atoms with Crippen molar-refractivity contribution in [3.63, 3.8) is 0 Å². The van der Waals surface area contributed by atoms with Crippen molar-refractivity contribution in [2.24, 2.45) is 5.73 Å². The summed E-state index contributed by atoms with van der Waals surface area (Å²) >= 11 is 0. The Balaban J connectivity index is 2.41. The fourth-order valence-corrected chi connectivity index (χ4v) is 2.49. The lowest BCUT2D eigenvalue weighted by Gasteiger charge is -2.38. The van der Waals surface area contributed by atoms with Crippen molar-refractivity contribution in [2.75, 3.05) is 20.3 Å². The van der Waals surface area contributed by atoms with Crippen LogP contribution in [0, 0.1) is 0 Å². The predicted octanol–water partition coefficient (Wildman–Crippen LogP) is 1.61. The normalized spacial score (nSPS) is 27.6. The summed E-state index contributed by atoms with van der Waals surface area (Å²) in [5.41, 5.74) is 5.93. The minimum Gasteiger partial charge on any atom is -0.383 e. The lowest BCUT2D eigenvalue weighted by Crippen LogP contribution is -2.45. The van der Waals surface area contributed by atoms with Crippen molar-refractivity contribution >= 4 is 0 Å². The van der Waals surface area contributed by atoms with Crippen LogP contribution in [0.1, 0.15) is 39.5 Å². The highest BCUT2D eigenvalue weighted by molar-refractivity contribution is 4.82. The van der Waals surface area contributed by atoms with Gasteiger partial charge in [-0.3, -0.25) is 4.90 Å². The molecule has 0 aromatic carbocycles. The molecule has 1 aliphatic rings. The Labute approximate surface area is 94.0 Å². The number of hydrogen-bond donors (Lipinski definition) is 1. The van der Waals surface area contributed by atoms with Crippen LogP contribution in [0.2, 0.25) is 0 Å². The van der Waals surface area contributed by atoms with Crippen LogP contribution in [0.4, 0.5) is 0 Å². The molecule has 3 nitrogen and oxygen atoms in total. The Morgan fingerprint density at radius 2 is 1.87 bits per heavy atom. The maximum Gasteiger partial charge on any atom is 0.0589 e. The zero-order valence-corrected chi connectivity index (χ0v) is 10.4. The smallest absolute Gasteiger partial charge is 0.0589 e. The van der Waals surface area contributed by atoms with Gasteiger partial charge < -0.3 is 10.5 Å². The first-order valence-corrected chi connectivity index (χ1v) is 6.15. The van der Waals surface area contributed by atoms with E-state index in [2.05, 4.69) is 18.7 Å². The molecule has 1 saturated carbocycles. The lowest BCUT2D eigenvalue weighted by atomic mass is 9.90. The van der Waals surface area contributed by atoms with Crippen LogP contribution < -0.4 is 5.73 Å². The number of methoxy groups -OCH3 is 1. The molecular weight excluding hydrogens is 188 g/mol. The maximum absolute atomic E-state index is 5.93. The van der Waals surface area contributed by atoms with Crippen molar-refractivity contribution in [2.45, 2.75) is 57.7 Å². The molecule has 90 valence electrons. The summed E-state index contributed by atoms with van der Waals surface area (Å²) in [6.45, 7) is 6.42. The molecule has 0 aromatic rings. The van der Waals surface area contributed by atoms with E-state index in [0.29, 0.717) is 12.1 Å². The molecule has 0 aromatic heterocycles. The average molecular weight is 214 g/mol. The molecule has 1 rings (SSSR count). The Morgan fingerprint density at radius 3 is 2.33 bits per heavy atom. The Bertz CT molecular complexity index is 165. The average Bonchev–Trinajstić information content (AvgIpc) is 2.21. The monoisotopic (exact) mass is 214 g/mol. The molecule has 0 heterocycles. The van der Waals surface area contributed by atoms with Crippen LogP contribution in [-0.2, 0) is 4.74 Å². The first-order chi connectivity index (χ1) is 7.15. The van der Waals surface area contributed by atoms with E-state index in [0.717, 1.165) is 19.2 Å². The summed E-state index contributed by atoms with van der Waals surface area (Å²) in [6.07, 6.45) is 4.87. The van der Waals surface area contributed by atoms with E-state index in [4.69, 9.17) is 10.5 Å². The van der Waals surface area contributed by atoms with Crippen LogP contribution in [-0.4, -0.2) is 43.3 Å². The van der Waals surface area contributed by atoms with Gasteiger partial charge in [-0.2, -0.15) is 0 Å². The maximum atomic E-state index is 5.93. The van der Waals surface area contributed by atoms with Gasteiger partial charge in [-0.15, -0.1) is 0 Å². The zero-order valence-electron chi connectivity index (χ0n) is 10.4. The quantitative estimate of drug-likeness (QED) is 0.755. The minimum atomic E-state index is 0.442. The van der Waals surface area contributed by atoms with Gasteiger partial charge in [-0.05, 0) is 39.5 Å². The van der Waals surface area contributed by atoms with Crippen molar-refractivity contribution in [3.8, 4) is 0 Å². The number of nitrogens with zero attached hydrogens (tertiary/aromatic N) is 1. The van der Waals surface area contributed by atoms with Gasteiger partial charge in [0.2, 0.25) is 0 Å². The predicted molar refractivity (Wildman–Crippen MR) is 63.9 cm³/mol. The van der Waals surface area contributed by atoms with Crippen molar-refractivity contribution in [1.29, 1.82) is 0 Å². The summed E-state index contributed by atoms with van der Waals surface area (Å²) < 4.78 is 5.17. The van der Waals surface area contributed by atoms with Crippen molar-refractivity contribution in [3.05, 3.63) is 0 Å². The van der Waals surface area contributed by atoms with E-state index in [1.54, 1.807) is 7.11 Å². The minimum absolute atomic E-state index is 0.442. The van der Waals surface area contributed by atoms with Gasteiger partial charge in [0.25, 0.3) is 0 Å². The number of ether oxygens (including phenoxy) is 1. The number of rotatable bonds is 5. The van der Waals surface area contributed by atoms with Crippen LogP contribution in [0.5, 0.6) is 0 Å². The molecule has 0 aliphatic heterocycles. The molecule has 15 heavy (non-hydrogen) atoms. The summed E-state index contributed by atoms with van der Waals surface area (Å²) in [4.78, 5) is 2.56. The highest BCUT2D eigenvalue weighted by Gasteiger charge is 2.25. The van der Waals surface area contributed by atoms with Gasteiger partial charge in [0.05, 0.1) is 6.61 Å². The van der Waals surface area contributed by atoms with E-state index in [-0.39, 0.29) is 0 Å². The molecule has 1 aliphatic carbocycles. The van der Waals surface area contributed by atoms with E-state index >= 15 is 0 Å². The second-order valence-corrected chi connectivity index (χ2v) is 4.89. The van der Waals surface area contributed by atoms with Gasteiger partial charge >= 0.3 is 0 Å². The van der Waals surface area contributed by atoms with E-state index in [1.165, 1.54) is 25.7 Å². The Hall–Kier alpha value is -0.120. The molecule has 0 bridgehead atoms. The fraction of sp³-hybridized carbons (Fsp3) is 1.00. The number of hydrogen-bond acceptors (Lipinski definition) is 3. The van der Waals surface area contributed by atoms with E-state index < -0.39 is 0 Å². The van der Waals surface area contributed by atoms with Crippen LogP contribution in [0.3, 0.4) is 0 Å². The molecule has 0 spiro atoms. The van der Waals surface area contributed by atoms with Gasteiger partial charge in [0.15, 0.2) is 0 Å². The zero-order chi connectivity index (χ0) is 11.3. The summed E-state index contributed by atoms with van der Waals surface area (Å²) in [6, 6.07) is 1.78. The molecular formula is C12H26N2O. The van der Waals surface area contributed by atoms with Crippen LogP contribution in [0.25, 0.3) is 0 Å². The van der Waals surface area contributed by atoms with Gasteiger partial charge in [0, 0.05) is 31.8 Å². The molecule has 0 amide bonds. The third-order valence-electron chi connectivity index (χ3n) is 3.43. The molecule has 0 saturated heterocycles. The summed E-state index contributed by atoms with van der Waals surface area (Å²) in [7, 11) is 1.77. The largest absolute Gasteiger partial charge is 0.383 e. The number of nitrogens with two attached hydrogens (primary N) is 1. The van der Waals surface area contributed by atoms with E-state index in [9.17, 15) is 0 Å². The van der Waals surface area contributed by atoms with Crippen LogP contribution in [0.15, 0.2) is 0 Å². The second-order valence-electron chi connectivity index (χ2n) is 4.89. The van der Waals surface area contributed by atoms with Gasteiger partial charge in [-0.1, -0.05) is 0 Å². The second kappa shape index (κ2) is 6.46. The third-order valence-corrected chi connectivity index (χ3v) is 3.43. The Kier molecular flexibility index (Phi) is 5.58. The molecule has 3 heteroatoms. The summed E-state index contributed by atoms with van der Waals surface area (Å²) in [5, 5.41) is 0. The van der Waals surface area contributed by atoms with Gasteiger partial charge in [0.1, 0.15) is 0 Å². The Morgan fingerprint density at radius 1 is 1.27 bits per heavy atom. The first-order valence-electron chi connectivity index (χ1n) is 6.15. The standard InChI is InChI=1S/C12H26N2O/c1-10(2)14(8-9-15-3)12-6-4-11(13)5-7-12/h10-12H,4-9,13H2,1-3H3. The van der Waals surface area contributed by atoms with Crippen molar-refractivity contribution in [1.82, 2.24) is 4.90 Å². The lowest BCUT2D eigenvalue weighted by molar-refractivity contribution is 0.0759. The highest BCUT2D eigenvalue weighted by atomic mass is 16.5. The molecule has 0 atom stereocenters. The van der Waals surface area contributed by atoms with E-state index in [1.807, 2.05) is 0 Å². The fourth-order valence-electron chi connectivity index (χ4n) is 2.49. The third kappa shape index (κ3) is 4.09. The SMILES string of the molecule is COCCN(C(C)C)C1CCC(N)CC1. The summed E-state index contributed by atoms with van der Waals surface area (Å²) in [5.74, 6) is 0. The topological polar surface area (TPSA) is 38.5 Å². The molecule has 0 unspecified atom stereocenters. The first kappa shape index (κ1) is 12.9.